The normalized spacial score (nSPS) is 30.1. The number of esters is 1. The number of aromatic hydroxyl groups is 7. The van der Waals surface area contributed by atoms with Crippen LogP contribution in [0.25, 0.3) is 0 Å². The van der Waals surface area contributed by atoms with E-state index in [9.17, 15) is 55.9 Å². The average molecular weight is 646 g/mol. The van der Waals surface area contributed by atoms with Crippen LogP contribution in [0.2, 0.25) is 0 Å². The molecule has 3 aliphatic rings. The Morgan fingerprint density at radius 3 is 2.02 bits per heavy atom. The van der Waals surface area contributed by atoms with E-state index < -0.39 is 95.3 Å². The lowest BCUT2D eigenvalue weighted by atomic mass is 9.75. The Kier molecular flexibility index (Phi) is 7.77. The maximum absolute atomic E-state index is 13.1. The molecule has 0 radical (unpaired) electrons. The highest BCUT2D eigenvalue weighted by Crippen LogP contribution is 2.47. The summed E-state index contributed by atoms with van der Waals surface area (Å²) in [7, 11) is 0. The molecule has 3 aromatic carbocycles. The fourth-order valence-corrected chi connectivity index (χ4v) is 6.06. The largest absolute Gasteiger partial charge is 0.507 e. The number of hydrogen-bond acceptors (Lipinski definition) is 16. The molecule has 0 amide bonds. The summed E-state index contributed by atoms with van der Waals surface area (Å²) in [5, 5.41) is 101. The molecule has 0 aromatic heterocycles. The van der Waals surface area contributed by atoms with Gasteiger partial charge in [0.25, 0.3) is 0 Å². The van der Waals surface area contributed by atoms with E-state index in [0.29, 0.717) is 0 Å². The molecule has 6 rings (SSSR count). The van der Waals surface area contributed by atoms with Crippen molar-refractivity contribution >= 4 is 5.97 Å². The van der Waals surface area contributed by atoms with Crippen LogP contribution in [0.5, 0.6) is 51.7 Å². The Hall–Kier alpha value is -4.87. The van der Waals surface area contributed by atoms with Gasteiger partial charge in [-0.1, -0.05) is 0 Å². The first kappa shape index (κ1) is 31.1. The Bertz CT molecular complexity index is 1630. The zero-order valence-corrected chi connectivity index (χ0v) is 23.7. The number of benzene rings is 3. The lowest BCUT2D eigenvalue weighted by Crippen LogP contribution is -2.66. The second-order valence-corrected chi connectivity index (χ2v) is 11.5. The third-order valence-electron chi connectivity index (χ3n) is 8.53. The summed E-state index contributed by atoms with van der Waals surface area (Å²) in [6.07, 6.45) is -8.88. The molecule has 246 valence electrons. The van der Waals surface area contributed by atoms with Gasteiger partial charge in [0.05, 0.1) is 23.8 Å². The summed E-state index contributed by atoms with van der Waals surface area (Å²) in [5.74, 6) is -6.81. The molecule has 2 bridgehead atoms. The lowest BCUT2D eigenvalue weighted by molar-refractivity contribution is -0.261. The highest BCUT2D eigenvalue weighted by molar-refractivity contribution is 5.91. The predicted molar refractivity (Wildman–Crippen MR) is 151 cm³/mol. The van der Waals surface area contributed by atoms with Gasteiger partial charge in [-0.15, -0.1) is 0 Å². The Morgan fingerprint density at radius 1 is 0.783 bits per heavy atom. The highest BCUT2D eigenvalue weighted by Gasteiger charge is 2.52. The zero-order valence-electron chi connectivity index (χ0n) is 23.7. The van der Waals surface area contributed by atoms with E-state index in [0.717, 1.165) is 24.3 Å². The molecule has 16 heteroatoms. The fraction of sp³-hybridized carbons (Fsp3) is 0.367. The summed E-state index contributed by atoms with van der Waals surface area (Å²) < 4.78 is 23.4. The number of hydrogen-bond donors (Lipinski definition) is 11. The van der Waals surface area contributed by atoms with E-state index in [-0.39, 0.29) is 46.8 Å². The molecular formula is C30H31NO15. The van der Waals surface area contributed by atoms with Crippen LogP contribution in [-0.2, 0) is 15.9 Å². The van der Waals surface area contributed by atoms with E-state index >= 15 is 0 Å². The van der Waals surface area contributed by atoms with Crippen LogP contribution in [0.1, 0.15) is 34.0 Å². The van der Waals surface area contributed by atoms with E-state index in [1.54, 1.807) is 0 Å². The number of nitrogens with two attached hydrogens (primary N) is 1. The summed E-state index contributed by atoms with van der Waals surface area (Å²) >= 11 is 0. The Balaban J connectivity index is 1.31. The molecule has 3 aromatic rings. The van der Waals surface area contributed by atoms with Crippen molar-refractivity contribution in [3.8, 4) is 51.7 Å². The number of aliphatic hydroxyl groups excluding tert-OH is 3. The van der Waals surface area contributed by atoms with Crippen molar-refractivity contribution in [3.63, 3.8) is 0 Å². The first-order chi connectivity index (χ1) is 21.7. The number of phenols is 7. The van der Waals surface area contributed by atoms with Crippen LogP contribution in [0.15, 0.2) is 36.4 Å². The van der Waals surface area contributed by atoms with Crippen molar-refractivity contribution in [1.29, 1.82) is 0 Å². The molecule has 6 unspecified atom stereocenters. The molecule has 1 saturated heterocycles. The van der Waals surface area contributed by atoms with Gasteiger partial charge in [-0.2, -0.15) is 0 Å². The van der Waals surface area contributed by atoms with Gasteiger partial charge in [0, 0.05) is 35.6 Å². The quantitative estimate of drug-likeness (QED) is 0.129. The first-order valence-corrected chi connectivity index (χ1v) is 14.1. The first-order valence-electron chi connectivity index (χ1n) is 14.1. The Morgan fingerprint density at radius 2 is 1.39 bits per heavy atom. The molecule has 0 spiro atoms. The van der Waals surface area contributed by atoms with E-state index in [1.807, 2.05) is 0 Å². The van der Waals surface area contributed by atoms with Gasteiger partial charge in [-0.05, 0) is 30.7 Å². The third kappa shape index (κ3) is 5.35. The van der Waals surface area contributed by atoms with Crippen molar-refractivity contribution in [2.24, 2.45) is 11.7 Å². The average Bonchev–Trinajstić information content (AvgIpc) is 3.01. The van der Waals surface area contributed by atoms with Crippen molar-refractivity contribution in [3.05, 3.63) is 53.1 Å². The van der Waals surface area contributed by atoms with Crippen LogP contribution in [0.3, 0.4) is 0 Å². The SMILES string of the molecule is NC1[C@H](Oc2cc(O)c3c(c2)OC(c2cc(O)c(O)c(O)c2)C(OC(=O)c2cc(O)c(O)c(O)c2)C3)OC2C[C@@H]1C(O)[C@@H](O)C2O. The maximum atomic E-state index is 13.1. The molecule has 2 heterocycles. The predicted octanol–water partition coefficient (Wildman–Crippen LogP) is 0.0612. The molecule has 1 saturated carbocycles. The topological polar surface area (TPSA) is 282 Å². The summed E-state index contributed by atoms with van der Waals surface area (Å²) in [4.78, 5) is 13.1. The van der Waals surface area contributed by atoms with Gasteiger partial charge in [-0.3, -0.25) is 0 Å². The number of aliphatic hydroxyl groups is 3. The third-order valence-corrected chi connectivity index (χ3v) is 8.53. The minimum atomic E-state index is -1.46. The minimum absolute atomic E-state index is 0.0122. The summed E-state index contributed by atoms with van der Waals surface area (Å²) in [6, 6.07) is 5.45. The number of rotatable bonds is 5. The van der Waals surface area contributed by atoms with Crippen LogP contribution >= 0.6 is 0 Å². The van der Waals surface area contributed by atoms with Crippen molar-refractivity contribution < 1.29 is 74.8 Å². The minimum Gasteiger partial charge on any atom is -0.507 e. The van der Waals surface area contributed by atoms with Gasteiger partial charge in [0.2, 0.25) is 6.29 Å². The molecular weight excluding hydrogens is 614 g/mol. The van der Waals surface area contributed by atoms with Crippen molar-refractivity contribution in [2.45, 2.75) is 61.8 Å². The fourth-order valence-electron chi connectivity index (χ4n) is 6.06. The standard InChI is InChI=1S/C30H31NO15/c31-22-13-8-20(26(40)27(41)23(13)37)46-30(22)43-11-5-14(32)12-7-21(45-29(42)10-3-17(35)25(39)18(36)4-10)28(44-19(12)6-11)9-1-15(33)24(38)16(34)2-9/h1-6,13,20-23,26-28,30,32-41H,7-8,31H2/t13-,20?,21?,22?,23?,26?,27+,28?,30+/m0/s1. The number of ether oxygens (including phenoxy) is 4. The zero-order chi connectivity index (χ0) is 33.2. The second kappa shape index (κ2) is 11.5. The summed E-state index contributed by atoms with van der Waals surface area (Å²) in [6.45, 7) is 0. The van der Waals surface area contributed by atoms with Crippen molar-refractivity contribution in [2.75, 3.05) is 0 Å². The van der Waals surface area contributed by atoms with Crippen LogP contribution in [-0.4, -0.2) is 99.9 Å². The van der Waals surface area contributed by atoms with E-state index in [1.165, 1.54) is 12.1 Å². The van der Waals surface area contributed by atoms with Gasteiger partial charge in [-0.25, -0.2) is 4.79 Å². The van der Waals surface area contributed by atoms with E-state index in [2.05, 4.69) is 0 Å². The highest BCUT2D eigenvalue weighted by atomic mass is 16.7. The van der Waals surface area contributed by atoms with Crippen LogP contribution in [0.4, 0.5) is 0 Å². The molecule has 16 nitrogen and oxygen atoms in total. The number of carbonyl (C=O) groups excluding carboxylic acids is 1. The van der Waals surface area contributed by atoms with E-state index in [4.69, 9.17) is 24.7 Å². The number of phenolic OH excluding ortho intramolecular Hbond substituents is 7. The lowest BCUT2D eigenvalue weighted by Gasteiger charge is -2.49. The molecule has 46 heavy (non-hydrogen) atoms. The van der Waals surface area contributed by atoms with Gasteiger partial charge < -0.3 is 75.7 Å². The molecule has 1 aliphatic carbocycles. The molecule has 12 N–H and O–H groups in total. The molecule has 9 atom stereocenters. The Labute approximate surface area is 259 Å². The van der Waals surface area contributed by atoms with Gasteiger partial charge >= 0.3 is 5.97 Å². The van der Waals surface area contributed by atoms with Gasteiger partial charge in [0.15, 0.2) is 40.6 Å². The molecule has 2 aliphatic heterocycles. The number of fused-ring (bicyclic) bond motifs is 3. The monoisotopic (exact) mass is 645 g/mol. The van der Waals surface area contributed by atoms with Crippen LogP contribution < -0.4 is 15.2 Å². The summed E-state index contributed by atoms with van der Waals surface area (Å²) in [5.41, 5.74) is 6.10. The van der Waals surface area contributed by atoms with Gasteiger partial charge in [0.1, 0.15) is 35.6 Å². The van der Waals surface area contributed by atoms with Crippen LogP contribution in [0, 0.1) is 5.92 Å². The smallest absolute Gasteiger partial charge is 0.338 e. The second-order valence-electron chi connectivity index (χ2n) is 11.5. The number of carbonyl (C=O) groups is 1. The van der Waals surface area contributed by atoms with Crippen molar-refractivity contribution in [1.82, 2.24) is 0 Å². The molecule has 2 fully saturated rings. The maximum Gasteiger partial charge on any atom is 0.338 e.